The van der Waals surface area contributed by atoms with E-state index in [2.05, 4.69) is 31.0 Å². The second kappa shape index (κ2) is 3.35. The van der Waals surface area contributed by atoms with Crippen LogP contribution in [0.3, 0.4) is 0 Å². The van der Waals surface area contributed by atoms with Crippen LogP contribution in [0.5, 0.6) is 0 Å². The lowest BCUT2D eigenvalue weighted by molar-refractivity contribution is 0.154. The molecule has 1 aliphatic rings. The topological polar surface area (TPSA) is 15.3 Å². The molecule has 60 valence electrons. The summed E-state index contributed by atoms with van der Waals surface area (Å²) in [4.78, 5) is 2.52. The van der Waals surface area contributed by atoms with Crippen molar-refractivity contribution in [1.29, 1.82) is 0 Å². The first-order valence-electron chi connectivity index (χ1n) is 4.21. The van der Waals surface area contributed by atoms with E-state index >= 15 is 0 Å². The lowest BCUT2D eigenvalue weighted by Gasteiger charge is -2.36. The van der Waals surface area contributed by atoms with Crippen molar-refractivity contribution in [2.24, 2.45) is 0 Å². The Bertz CT molecular complexity index is 103. The largest absolute Gasteiger partial charge is 0.311 e. The smallest absolute Gasteiger partial charge is 0.0193 e. The van der Waals surface area contributed by atoms with E-state index in [-0.39, 0.29) is 0 Å². The fourth-order valence-electron chi connectivity index (χ4n) is 1.54. The van der Waals surface area contributed by atoms with Crippen LogP contribution in [-0.4, -0.2) is 36.6 Å². The number of nitrogens with zero attached hydrogens (tertiary/aromatic N) is 1. The number of piperazine rings is 1. The summed E-state index contributed by atoms with van der Waals surface area (Å²) in [6.07, 6.45) is 0. The quantitative estimate of drug-likeness (QED) is 0.579. The Hall–Kier alpha value is -0.0800. The van der Waals surface area contributed by atoms with Gasteiger partial charge in [-0.2, -0.15) is 0 Å². The summed E-state index contributed by atoms with van der Waals surface area (Å²) in [5.74, 6) is 0. The van der Waals surface area contributed by atoms with E-state index in [9.17, 15) is 0 Å². The van der Waals surface area contributed by atoms with Crippen molar-refractivity contribution in [2.75, 3.05) is 19.6 Å². The average molecular weight is 142 g/mol. The van der Waals surface area contributed by atoms with Crippen molar-refractivity contribution in [3.63, 3.8) is 0 Å². The third kappa shape index (κ3) is 1.70. The minimum absolute atomic E-state index is 0.677. The second-order valence-electron chi connectivity index (χ2n) is 3.25. The average Bonchev–Trinajstić information content (AvgIpc) is 1.94. The molecule has 0 radical (unpaired) electrons. The predicted molar refractivity (Wildman–Crippen MR) is 44.2 cm³/mol. The molecule has 0 spiro atoms. The summed E-state index contributed by atoms with van der Waals surface area (Å²) in [5, 5.41) is 3.45. The third-order valence-corrected chi connectivity index (χ3v) is 2.30. The number of likely N-dealkylation sites (N-methyl/N-ethyl adjacent to an activating group) is 1. The zero-order chi connectivity index (χ0) is 7.56. The van der Waals surface area contributed by atoms with Gasteiger partial charge < -0.3 is 5.32 Å². The summed E-state index contributed by atoms with van der Waals surface area (Å²) < 4.78 is 0. The summed E-state index contributed by atoms with van der Waals surface area (Å²) in [6.45, 7) is 10.3. The molecule has 0 aromatic heterocycles. The predicted octanol–water partition coefficient (Wildman–Crippen LogP) is 0.689. The standard InChI is InChI=1S/C8H18N2/c1-4-10-6-7(2)9-5-8(10)3/h7-9H,4-6H2,1-3H3/t7-,8-/m1/s1. The van der Waals surface area contributed by atoms with Gasteiger partial charge in [-0.1, -0.05) is 6.92 Å². The van der Waals surface area contributed by atoms with Crippen LogP contribution in [0.1, 0.15) is 20.8 Å². The Kier molecular flexibility index (Phi) is 2.69. The lowest BCUT2D eigenvalue weighted by atomic mass is 10.1. The van der Waals surface area contributed by atoms with Crippen molar-refractivity contribution >= 4 is 0 Å². The van der Waals surface area contributed by atoms with Crippen molar-refractivity contribution in [2.45, 2.75) is 32.9 Å². The molecule has 10 heavy (non-hydrogen) atoms. The Balaban J connectivity index is 2.38. The first-order valence-corrected chi connectivity index (χ1v) is 4.21. The van der Waals surface area contributed by atoms with Crippen molar-refractivity contribution < 1.29 is 0 Å². The maximum absolute atomic E-state index is 3.45. The molecule has 2 nitrogen and oxygen atoms in total. The van der Waals surface area contributed by atoms with Gasteiger partial charge >= 0.3 is 0 Å². The monoisotopic (exact) mass is 142 g/mol. The van der Waals surface area contributed by atoms with Crippen LogP contribution in [0.15, 0.2) is 0 Å². The molecule has 2 atom stereocenters. The molecule has 1 N–H and O–H groups in total. The van der Waals surface area contributed by atoms with E-state index < -0.39 is 0 Å². The molecule has 0 saturated carbocycles. The first-order chi connectivity index (χ1) is 4.74. The van der Waals surface area contributed by atoms with Gasteiger partial charge in [0.2, 0.25) is 0 Å². The van der Waals surface area contributed by atoms with Crippen LogP contribution in [0.25, 0.3) is 0 Å². The Morgan fingerprint density at radius 2 is 2.20 bits per heavy atom. The molecule has 1 rings (SSSR count). The molecule has 1 aliphatic heterocycles. The Labute approximate surface area is 63.6 Å². The van der Waals surface area contributed by atoms with Gasteiger partial charge in [0.1, 0.15) is 0 Å². The zero-order valence-electron chi connectivity index (χ0n) is 7.22. The second-order valence-corrected chi connectivity index (χ2v) is 3.25. The molecule has 0 bridgehead atoms. The molecule has 0 aromatic carbocycles. The molecule has 0 unspecified atom stereocenters. The zero-order valence-corrected chi connectivity index (χ0v) is 7.22. The van der Waals surface area contributed by atoms with Crippen LogP contribution in [0.2, 0.25) is 0 Å². The minimum Gasteiger partial charge on any atom is -0.311 e. The SMILES string of the molecule is CCN1C[C@@H](C)NC[C@H]1C. The summed E-state index contributed by atoms with van der Waals surface area (Å²) >= 11 is 0. The minimum atomic E-state index is 0.677. The van der Waals surface area contributed by atoms with Gasteiger partial charge in [-0.05, 0) is 20.4 Å². The van der Waals surface area contributed by atoms with Crippen LogP contribution in [0.4, 0.5) is 0 Å². The van der Waals surface area contributed by atoms with E-state index in [1.54, 1.807) is 0 Å². The van der Waals surface area contributed by atoms with Gasteiger partial charge in [0.05, 0.1) is 0 Å². The third-order valence-electron chi connectivity index (χ3n) is 2.30. The van der Waals surface area contributed by atoms with E-state index in [1.807, 2.05) is 0 Å². The molecule has 0 amide bonds. The summed E-state index contributed by atoms with van der Waals surface area (Å²) in [6, 6.07) is 1.40. The first kappa shape index (κ1) is 8.02. The van der Waals surface area contributed by atoms with Gasteiger partial charge in [0.15, 0.2) is 0 Å². The highest BCUT2D eigenvalue weighted by Crippen LogP contribution is 2.04. The number of nitrogens with one attached hydrogen (secondary N) is 1. The van der Waals surface area contributed by atoms with Gasteiger partial charge in [-0.15, -0.1) is 0 Å². The van der Waals surface area contributed by atoms with Crippen molar-refractivity contribution in [1.82, 2.24) is 10.2 Å². The van der Waals surface area contributed by atoms with Crippen LogP contribution >= 0.6 is 0 Å². The van der Waals surface area contributed by atoms with Crippen LogP contribution in [0, 0.1) is 0 Å². The Morgan fingerprint density at radius 1 is 1.50 bits per heavy atom. The highest BCUT2D eigenvalue weighted by molar-refractivity contribution is 4.79. The summed E-state index contributed by atoms with van der Waals surface area (Å²) in [7, 11) is 0. The molecular weight excluding hydrogens is 124 g/mol. The summed E-state index contributed by atoms with van der Waals surface area (Å²) in [5.41, 5.74) is 0. The van der Waals surface area contributed by atoms with Crippen LogP contribution < -0.4 is 5.32 Å². The van der Waals surface area contributed by atoms with E-state index in [0.717, 1.165) is 12.6 Å². The molecule has 1 fully saturated rings. The normalized spacial score (nSPS) is 36.3. The Morgan fingerprint density at radius 3 is 2.70 bits per heavy atom. The molecule has 0 aromatic rings. The number of rotatable bonds is 1. The maximum Gasteiger partial charge on any atom is 0.0193 e. The van der Waals surface area contributed by atoms with Crippen molar-refractivity contribution in [3.05, 3.63) is 0 Å². The van der Waals surface area contributed by atoms with Gasteiger partial charge in [-0.3, -0.25) is 4.90 Å². The fourth-order valence-corrected chi connectivity index (χ4v) is 1.54. The highest BCUT2D eigenvalue weighted by Gasteiger charge is 2.19. The molecule has 1 saturated heterocycles. The van der Waals surface area contributed by atoms with Crippen molar-refractivity contribution in [3.8, 4) is 0 Å². The van der Waals surface area contributed by atoms with Gasteiger partial charge in [0.25, 0.3) is 0 Å². The fraction of sp³-hybridized carbons (Fsp3) is 1.00. The van der Waals surface area contributed by atoms with E-state index in [1.165, 1.54) is 13.1 Å². The molecular formula is C8H18N2. The van der Waals surface area contributed by atoms with E-state index in [0.29, 0.717) is 6.04 Å². The number of hydrogen-bond donors (Lipinski definition) is 1. The highest BCUT2D eigenvalue weighted by atomic mass is 15.2. The van der Waals surface area contributed by atoms with Gasteiger partial charge in [0, 0.05) is 25.2 Å². The van der Waals surface area contributed by atoms with E-state index in [4.69, 9.17) is 0 Å². The maximum atomic E-state index is 3.45. The van der Waals surface area contributed by atoms with Gasteiger partial charge in [-0.25, -0.2) is 0 Å². The van der Waals surface area contributed by atoms with Crippen LogP contribution in [-0.2, 0) is 0 Å². The lowest BCUT2D eigenvalue weighted by Crippen LogP contribution is -2.53. The molecule has 1 heterocycles. The molecule has 2 heteroatoms. The number of hydrogen-bond acceptors (Lipinski definition) is 2. The molecule has 0 aliphatic carbocycles.